The minimum absolute atomic E-state index is 0. The third-order valence-corrected chi connectivity index (χ3v) is 4.32. The Labute approximate surface area is 145 Å². The molecule has 8 heteroatoms. The molecule has 1 aliphatic heterocycles. The number of anilines is 1. The van der Waals surface area contributed by atoms with Crippen molar-refractivity contribution in [1.82, 2.24) is 19.4 Å². The summed E-state index contributed by atoms with van der Waals surface area (Å²) in [5.74, 6) is 0. The Morgan fingerprint density at radius 2 is 2.08 bits per heavy atom. The van der Waals surface area contributed by atoms with E-state index >= 15 is 0 Å². The number of aryl methyl sites for hydroxylation is 1. The molecule has 124 valence electrons. The fraction of sp³-hybridized carbons (Fsp3) is 0.312. The van der Waals surface area contributed by atoms with E-state index in [4.69, 9.17) is 5.73 Å². The van der Waals surface area contributed by atoms with Crippen LogP contribution in [0, 0.1) is 11.3 Å². The number of rotatable bonds is 2. The molecule has 0 aliphatic carbocycles. The Morgan fingerprint density at radius 1 is 1.25 bits per heavy atom. The largest absolute Gasteiger partial charge is 0.368 e. The molecular formula is C16H18ClN7. The van der Waals surface area contributed by atoms with Gasteiger partial charge in [0, 0.05) is 49.7 Å². The first-order chi connectivity index (χ1) is 11.2. The van der Waals surface area contributed by atoms with Gasteiger partial charge in [-0.15, -0.1) is 12.4 Å². The molecule has 1 unspecified atom stereocenters. The Balaban J connectivity index is 0.00000169. The first-order valence-corrected chi connectivity index (χ1v) is 7.57. The van der Waals surface area contributed by atoms with Crippen LogP contribution >= 0.6 is 12.4 Å². The minimum atomic E-state index is 0. The van der Waals surface area contributed by atoms with E-state index in [1.165, 1.54) is 0 Å². The van der Waals surface area contributed by atoms with Crippen LogP contribution in [0.5, 0.6) is 0 Å². The molecule has 2 N–H and O–H groups in total. The Bertz CT molecular complexity index is 920. The van der Waals surface area contributed by atoms with Crippen LogP contribution in [0.15, 0.2) is 30.9 Å². The maximum Gasteiger partial charge on any atom is 0.107 e. The molecule has 3 aromatic heterocycles. The minimum Gasteiger partial charge on any atom is -0.368 e. The predicted octanol–water partition coefficient (Wildman–Crippen LogP) is 1.57. The quantitative estimate of drug-likeness (QED) is 0.763. The summed E-state index contributed by atoms with van der Waals surface area (Å²) >= 11 is 0. The van der Waals surface area contributed by atoms with Gasteiger partial charge in [0.05, 0.1) is 23.6 Å². The normalized spacial score (nSPS) is 17.0. The van der Waals surface area contributed by atoms with E-state index in [1.807, 2.05) is 25.6 Å². The highest BCUT2D eigenvalue weighted by atomic mass is 35.5. The number of nitrogens with zero attached hydrogens (tertiary/aromatic N) is 6. The molecule has 1 saturated heterocycles. The Morgan fingerprint density at radius 3 is 2.71 bits per heavy atom. The van der Waals surface area contributed by atoms with Crippen molar-refractivity contribution in [3.63, 3.8) is 0 Å². The zero-order valence-corrected chi connectivity index (χ0v) is 14.1. The van der Waals surface area contributed by atoms with Crippen LogP contribution in [0.25, 0.3) is 16.6 Å². The van der Waals surface area contributed by atoms with Crippen molar-refractivity contribution in [2.24, 2.45) is 12.8 Å². The van der Waals surface area contributed by atoms with Gasteiger partial charge in [-0.3, -0.25) is 4.68 Å². The molecule has 4 heterocycles. The summed E-state index contributed by atoms with van der Waals surface area (Å²) in [4.78, 5) is 2.24. The number of hydrogen-bond donors (Lipinski definition) is 1. The van der Waals surface area contributed by atoms with Gasteiger partial charge in [0.15, 0.2) is 0 Å². The van der Waals surface area contributed by atoms with Crippen molar-refractivity contribution < 1.29 is 0 Å². The fourth-order valence-electron chi connectivity index (χ4n) is 3.16. The van der Waals surface area contributed by atoms with Crippen molar-refractivity contribution in [2.45, 2.75) is 12.5 Å². The van der Waals surface area contributed by atoms with Gasteiger partial charge in [0.25, 0.3) is 0 Å². The van der Waals surface area contributed by atoms with E-state index in [0.29, 0.717) is 5.56 Å². The number of aromatic nitrogens is 4. The van der Waals surface area contributed by atoms with Crippen LogP contribution in [0.4, 0.5) is 5.69 Å². The standard InChI is InChI=1S/C16H17N7.ClH/c1-21-8-13(7-19-21)11-4-15(22-3-2-14(18)10-22)16-12(5-17)6-20-23(16)9-11;/h4,6-9,14H,2-3,10,18H2,1H3;1H. The van der Waals surface area contributed by atoms with Crippen molar-refractivity contribution in [3.8, 4) is 17.2 Å². The molecule has 7 nitrogen and oxygen atoms in total. The lowest BCUT2D eigenvalue weighted by Gasteiger charge is -2.20. The van der Waals surface area contributed by atoms with Crippen LogP contribution in [-0.2, 0) is 7.05 Å². The summed E-state index contributed by atoms with van der Waals surface area (Å²) in [5, 5.41) is 18.0. The first kappa shape index (κ1) is 16.3. The lowest BCUT2D eigenvalue weighted by molar-refractivity contribution is 0.752. The number of hydrogen-bond acceptors (Lipinski definition) is 5. The van der Waals surface area contributed by atoms with Gasteiger partial charge < -0.3 is 10.6 Å². The highest BCUT2D eigenvalue weighted by Crippen LogP contribution is 2.32. The second kappa shape index (κ2) is 6.15. The molecule has 1 aliphatic rings. The molecule has 1 fully saturated rings. The van der Waals surface area contributed by atoms with E-state index in [2.05, 4.69) is 27.2 Å². The lowest BCUT2D eigenvalue weighted by Crippen LogP contribution is -2.26. The number of halogens is 1. The van der Waals surface area contributed by atoms with Crippen molar-refractivity contribution in [3.05, 3.63) is 36.4 Å². The zero-order valence-electron chi connectivity index (χ0n) is 13.3. The third-order valence-electron chi connectivity index (χ3n) is 4.32. The van der Waals surface area contributed by atoms with Crippen molar-refractivity contribution >= 4 is 23.6 Å². The average Bonchev–Trinajstić information content (AvgIpc) is 3.25. The highest BCUT2D eigenvalue weighted by molar-refractivity contribution is 5.85. The van der Waals surface area contributed by atoms with Gasteiger partial charge in [-0.25, -0.2) is 4.52 Å². The molecule has 1 atom stereocenters. The molecule has 0 saturated carbocycles. The topological polar surface area (TPSA) is 88.2 Å². The van der Waals surface area contributed by atoms with Crippen LogP contribution in [-0.4, -0.2) is 38.5 Å². The third kappa shape index (κ3) is 2.60. The SMILES string of the molecule is Cl.Cn1cc(-c2cc(N3CCC(N)C3)c3c(C#N)cnn3c2)cn1. The average molecular weight is 344 g/mol. The maximum absolute atomic E-state index is 9.37. The molecule has 24 heavy (non-hydrogen) atoms. The summed E-state index contributed by atoms with van der Waals surface area (Å²) < 4.78 is 3.55. The second-order valence-corrected chi connectivity index (χ2v) is 5.97. The number of pyridine rings is 1. The van der Waals surface area contributed by atoms with E-state index in [1.54, 1.807) is 15.4 Å². The number of fused-ring (bicyclic) bond motifs is 1. The summed E-state index contributed by atoms with van der Waals surface area (Å²) in [7, 11) is 1.89. The van der Waals surface area contributed by atoms with Crippen LogP contribution in [0.2, 0.25) is 0 Å². The summed E-state index contributed by atoms with van der Waals surface area (Å²) in [6.07, 6.45) is 8.30. The van der Waals surface area contributed by atoms with Gasteiger partial charge >= 0.3 is 0 Å². The molecule has 0 aromatic carbocycles. The highest BCUT2D eigenvalue weighted by Gasteiger charge is 2.23. The van der Waals surface area contributed by atoms with Crippen molar-refractivity contribution in [2.75, 3.05) is 18.0 Å². The van der Waals surface area contributed by atoms with Gasteiger partial charge in [-0.05, 0) is 12.5 Å². The monoisotopic (exact) mass is 343 g/mol. The zero-order chi connectivity index (χ0) is 16.0. The lowest BCUT2D eigenvalue weighted by atomic mass is 10.1. The maximum atomic E-state index is 9.37. The van der Waals surface area contributed by atoms with Crippen LogP contribution in [0.1, 0.15) is 12.0 Å². The molecule has 0 amide bonds. The first-order valence-electron chi connectivity index (χ1n) is 7.57. The predicted molar refractivity (Wildman–Crippen MR) is 94.2 cm³/mol. The number of nitriles is 1. The van der Waals surface area contributed by atoms with E-state index in [0.717, 1.165) is 41.8 Å². The van der Waals surface area contributed by atoms with E-state index < -0.39 is 0 Å². The van der Waals surface area contributed by atoms with E-state index in [-0.39, 0.29) is 18.4 Å². The molecule has 3 aromatic rings. The molecule has 0 spiro atoms. The van der Waals surface area contributed by atoms with Crippen LogP contribution < -0.4 is 10.6 Å². The van der Waals surface area contributed by atoms with E-state index in [9.17, 15) is 5.26 Å². The molecule has 0 bridgehead atoms. The summed E-state index contributed by atoms with van der Waals surface area (Å²) in [6.45, 7) is 1.69. The Kier molecular flexibility index (Phi) is 4.18. The molecular weight excluding hydrogens is 326 g/mol. The van der Waals surface area contributed by atoms with Gasteiger partial charge in [-0.2, -0.15) is 15.5 Å². The number of nitrogens with two attached hydrogens (primary N) is 1. The van der Waals surface area contributed by atoms with Gasteiger partial charge in [0.2, 0.25) is 0 Å². The van der Waals surface area contributed by atoms with Gasteiger partial charge in [0.1, 0.15) is 11.6 Å². The van der Waals surface area contributed by atoms with Crippen molar-refractivity contribution in [1.29, 1.82) is 5.26 Å². The summed E-state index contributed by atoms with van der Waals surface area (Å²) in [5.41, 5.74) is 10.5. The smallest absolute Gasteiger partial charge is 0.107 e. The molecule has 0 radical (unpaired) electrons. The fourth-order valence-corrected chi connectivity index (χ4v) is 3.16. The summed E-state index contributed by atoms with van der Waals surface area (Å²) in [6, 6.07) is 4.51. The van der Waals surface area contributed by atoms with Gasteiger partial charge in [-0.1, -0.05) is 0 Å². The van der Waals surface area contributed by atoms with Crippen LogP contribution in [0.3, 0.4) is 0 Å². The molecule has 4 rings (SSSR count). The second-order valence-electron chi connectivity index (χ2n) is 5.97. The Hall–Kier alpha value is -2.56.